The monoisotopic (exact) mass is 527 g/mol. The van der Waals surface area contributed by atoms with Gasteiger partial charge in [-0.3, -0.25) is 34.2 Å². The molecule has 0 aliphatic carbocycles. The number of carbonyl (C=O) groups excluding carboxylic acids is 1. The van der Waals surface area contributed by atoms with E-state index in [1.807, 2.05) is 0 Å². The predicted octanol–water partition coefficient (Wildman–Crippen LogP) is 0.651. The van der Waals surface area contributed by atoms with Gasteiger partial charge in [-0.2, -0.15) is 0 Å². The lowest BCUT2D eigenvalue weighted by atomic mass is 9.53. The fourth-order valence-electron chi connectivity index (χ4n) is 6.40. The number of aromatic nitrogens is 2. The molecule has 4 rings (SSSR count). The lowest BCUT2D eigenvalue weighted by Gasteiger charge is -2.64. The number of unbranched alkanes of at least 4 members (excludes halogenated alkanes) is 1. The molecule has 204 valence electrons. The summed E-state index contributed by atoms with van der Waals surface area (Å²) < 4.78 is 5.38. The van der Waals surface area contributed by atoms with Crippen molar-refractivity contribution in [3.63, 3.8) is 0 Å². The van der Waals surface area contributed by atoms with Crippen LogP contribution in [0.3, 0.4) is 0 Å². The van der Waals surface area contributed by atoms with Gasteiger partial charge >= 0.3 is 11.9 Å². The number of pyridine rings is 2. The van der Waals surface area contributed by atoms with Crippen LogP contribution in [-0.2, 0) is 19.1 Å². The average Bonchev–Trinajstić information content (AvgIpc) is 2.90. The minimum Gasteiger partial charge on any atom is -0.481 e. The van der Waals surface area contributed by atoms with Gasteiger partial charge in [0.2, 0.25) is 0 Å². The number of fused-ring (bicyclic) bond motifs is 2. The van der Waals surface area contributed by atoms with Gasteiger partial charge in [0.1, 0.15) is 10.8 Å². The fourth-order valence-corrected chi connectivity index (χ4v) is 6.40. The topological polar surface area (TPSA) is 179 Å². The smallest absolute Gasteiger partial charge is 0.315 e. The van der Waals surface area contributed by atoms with Crippen LogP contribution < -0.4 is 5.73 Å². The first-order chi connectivity index (χ1) is 18.3. The third kappa shape index (κ3) is 4.33. The first kappa shape index (κ1) is 27.6. The number of aliphatic carboxylic acids is 2. The zero-order chi connectivity index (χ0) is 27.5. The molecule has 4 heterocycles. The third-order valence-electron chi connectivity index (χ3n) is 7.95. The Kier molecular flexibility index (Phi) is 8.07. The maximum Gasteiger partial charge on any atom is 0.315 e. The molecule has 5 N–H and O–H groups in total. The Hall–Kier alpha value is -3.45. The van der Waals surface area contributed by atoms with Gasteiger partial charge in [-0.05, 0) is 57.1 Å². The molecule has 38 heavy (non-hydrogen) atoms. The van der Waals surface area contributed by atoms with Gasteiger partial charge in [0, 0.05) is 25.5 Å². The zero-order valence-corrected chi connectivity index (χ0v) is 21.1. The van der Waals surface area contributed by atoms with Crippen molar-refractivity contribution in [1.29, 1.82) is 0 Å². The van der Waals surface area contributed by atoms with Crippen LogP contribution in [0, 0.1) is 10.8 Å². The molecular formula is C26H33N5O7. The number of ether oxygens (including phenoxy) is 1. The molecule has 0 spiro atoms. The van der Waals surface area contributed by atoms with E-state index < -0.39 is 47.2 Å². The van der Waals surface area contributed by atoms with Gasteiger partial charge in [-0.1, -0.05) is 12.1 Å². The summed E-state index contributed by atoms with van der Waals surface area (Å²) in [5.74, 6) is -2.76. The van der Waals surface area contributed by atoms with Crippen LogP contribution >= 0.6 is 0 Å². The van der Waals surface area contributed by atoms with E-state index in [-0.39, 0.29) is 19.6 Å². The van der Waals surface area contributed by atoms with E-state index in [1.165, 1.54) is 12.4 Å². The summed E-state index contributed by atoms with van der Waals surface area (Å²) in [7, 11) is 1.64. The number of aliphatic hydroxyl groups is 1. The number of rotatable bonds is 11. The van der Waals surface area contributed by atoms with Gasteiger partial charge in [-0.15, -0.1) is 0 Å². The van der Waals surface area contributed by atoms with E-state index in [0.717, 1.165) is 0 Å². The zero-order valence-electron chi connectivity index (χ0n) is 21.1. The molecule has 2 aromatic heterocycles. The molecule has 2 aliphatic heterocycles. The SMILES string of the molecule is CN1[C@@H](c2ccccn2)C2(C(=O)O)CN([C@@H](CCCCN)OC=O)CC(C(=O)O)(C2O)[C@H]1c1ccccn1. The maximum atomic E-state index is 13.2. The highest BCUT2D eigenvalue weighted by atomic mass is 16.5. The van der Waals surface area contributed by atoms with Gasteiger partial charge in [-0.25, -0.2) is 0 Å². The number of nitrogens with zero attached hydrogens (tertiary/aromatic N) is 4. The number of likely N-dealkylation sites (tertiary alicyclic amines) is 2. The second-order valence-corrected chi connectivity index (χ2v) is 9.95. The second kappa shape index (κ2) is 11.1. The van der Waals surface area contributed by atoms with Crippen molar-refractivity contribution in [2.45, 2.75) is 43.7 Å². The number of carboxylic acid groups (broad SMARTS) is 2. The quantitative estimate of drug-likeness (QED) is 0.237. The molecule has 0 saturated carbocycles. The average molecular weight is 528 g/mol. The fraction of sp³-hybridized carbons (Fsp3) is 0.500. The first-order valence-corrected chi connectivity index (χ1v) is 12.5. The van der Waals surface area contributed by atoms with Crippen molar-refractivity contribution in [2.24, 2.45) is 16.6 Å². The van der Waals surface area contributed by atoms with Crippen LogP contribution in [0.25, 0.3) is 0 Å². The number of carboxylic acids is 2. The Morgan fingerprint density at radius 2 is 1.58 bits per heavy atom. The van der Waals surface area contributed by atoms with Crippen LogP contribution in [-0.4, -0.2) is 92.5 Å². The molecule has 12 heteroatoms. The molecule has 0 amide bonds. The van der Waals surface area contributed by atoms with Gasteiger partial charge in [0.05, 0.1) is 29.6 Å². The van der Waals surface area contributed by atoms with Crippen molar-refractivity contribution in [3.05, 3.63) is 60.2 Å². The van der Waals surface area contributed by atoms with Crippen molar-refractivity contribution in [3.8, 4) is 0 Å². The van der Waals surface area contributed by atoms with Crippen molar-refractivity contribution in [2.75, 3.05) is 26.7 Å². The Balaban J connectivity index is 1.98. The summed E-state index contributed by atoms with van der Waals surface area (Å²) in [6.07, 6.45) is 1.81. The summed E-state index contributed by atoms with van der Waals surface area (Å²) in [6, 6.07) is 8.01. The molecule has 12 nitrogen and oxygen atoms in total. The lowest BCUT2D eigenvalue weighted by molar-refractivity contribution is -0.258. The number of hydrogen-bond acceptors (Lipinski definition) is 10. The van der Waals surface area contributed by atoms with E-state index in [1.54, 1.807) is 53.2 Å². The van der Waals surface area contributed by atoms with Crippen molar-refractivity contribution in [1.82, 2.24) is 19.8 Å². The van der Waals surface area contributed by atoms with E-state index in [9.17, 15) is 29.7 Å². The highest BCUT2D eigenvalue weighted by Gasteiger charge is 2.75. The number of carbonyl (C=O) groups is 3. The van der Waals surface area contributed by atoms with Crippen molar-refractivity contribution < 1.29 is 34.4 Å². The van der Waals surface area contributed by atoms with Crippen LogP contribution in [0.2, 0.25) is 0 Å². The summed E-state index contributed by atoms with van der Waals surface area (Å²) in [5.41, 5.74) is 2.27. The van der Waals surface area contributed by atoms with Crippen molar-refractivity contribution >= 4 is 18.4 Å². The number of nitrogens with two attached hydrogens (primary N) is 1. The summed E-state index contributed by atoms with van der Waals surface area (Å²) in [6.45, 7) is 0.132. The summed E-state index contributed by atoms with van der Waals surface area (Å²) in [5, 5.41) is 33.5. The number of hydrogen-bond donors (Lipinski definition) is 4. The maximum absolute atomic E-state index is 13.2. The van der Waals surface area contributed by atoms with E-state index >= 15 is 0 Å². The van der Waals surface area contributed by atoms with Gasteiger partial charge in [0.15, 0.2) is 6.23 Å². The van der Waals surface area contributed by atoms with Crippen LogP contribution in [0.4, 0.5) is 0 Å². The lowest BCUT2D eigenvalue weighted by Crippen LogP contribution is -2.77. The number of piperidine rings is 2. The summed E-state index contributed by atoms with van der Waals surface area (Å²) >= 11 is 0. The van der Waals surface area contributed by atoms with Gasteiger partial charge in [0.25, 0.3) is 6.47 Å². The van der Waals surface area contributed by atoms with E-state index in [0.29, 0.717) is 37.2 Å². The molecule has 6 atom stereocenters. The Morgan fingerprint density at radius 3 is 1.97 bits per heavy atom. The van der Waals surface area contributed by atoms with Gasteiger partial charge < -0.3 is 25.8 Å². The molecule has 2 saturated heterocycles. The largest absolute Gasteiger partial charge is 0.481 e. The Labute approximate surface area is 220 Å². The van der Waals surface area contributed by atoms with E-state index in [4.69, 9.17) is 10.5 Å². The van der Waals surface area contributed by atoms with E-state index in [2.05, 4.69) is 9.97 Å². The third-order valence-corrected chi connectivity index (χ3v) is 7.95. The molecular weight excluding hydrogens is 494 g/mol. The van der Waals surface area contributed by atoms with Crippen LogP contribution in [0.1, 0.15) is 42.7 Å². The highest BCUT2D eigenvalue weighted by molar-refractivity contribution is 5.84. The molecule has 2 fully saturated rings. The highest BCUT2D eigenvalue weighted by Crippen LogP contribution is 2.62. The standard InChI is InChI=1S/C26H33N5O7/c1-30-20(17-8-3-6-12-28-17)25(23(34)35)14-31(19(38-16-32)10-2-5-11-27)15-26(22(25)33,24(36)37)21(30)18-9-4-7-13-29-18/h3-4,6-9,12-13,16,19-22,33H,2,5,10-11,14-15,27H2,1H3,(H,34,35)(H,36,37)/t19-,20-,21+,22?,25?,26?/m1/s1. The normalized spacial score (nSPS) is 30.3. The molecule has 0 aromatic carbocycles. The predicted molar refractivity (Wildman–Crippen MR) is 133 cm³/mol. The minimum atomic E-state index is -2.04. The Bertz CT molecular complexity index is 1060. The van der Waals surface area contributed by atoms with Crippen LogP contribution in [0.15, 0.2) is 48.8 Å². The first-order valence-electron chi connectivity index (χ1n) is 12.5. The van der Waals surface area contributed by atoms with Crippen LogP contribution in [0.5, 0.6) is 0 Å². The molecule has 2 bridgehead atoms. The molecule has 2 aliphatic rings. The molecule has 0 radical (unpaired) electrons. The number of aliphatic hydroxyl groups excluding tert-OH is 1. The minimum absolute atomic E-state index is 0.271. The summed E-state index contributed by atoms with van der Waals surface area (Å²) in [4.78, 5) is 50.0. The second-order valence-electron chi connectivity index (χ2n) is 9.95. The molecule has 3 unspecified atom stereocenters. The Morgan fingerprint density at radius 1 is 1.05 bits per heavy atom. The molecule has 2 aromatic rings.